The summed E-state index contributed by atoms with van der Waals surface area (Å²) in [6.07, 6.45) is -1.38. The van der Waals surface area contributed by atoms with Crippen LogP contribution in [0.2, 0.25) is 0 Å². The molecule has 54 valence electrons. The van der Waals surface area contributed by atoms with Gasteiger partial charge in [0, 0.05) is 5.75 Å². The van der Waals surface area contributed by atoms with E-state index in [1.54, 1.807) is 0 Å². The first-order chi connectivity index (χ1) is 4.25. The van der Waals surface area contributed by atoms with Gasteiger partial charge in [0.15, 0.2) is 0 Å². The molecule has 0 radical (unpaired) electrons. The quantitative estimate of drug-likeness (QED) is 0.440. The van der Waals surface area contributed by atoms with Crippen molar-refractivity contribution in [1.82, 2.24) is 0 Å². The Kier molecular flexibility index (Phi) is 2.35. The van der Waals surface area contributed by atoms with E-state index in [0.717, 1.165) is 0 Å². The van der Waals surface area contributed by atoms with E-state index in [2.05, 4.69) is 0 Å². The summed E-state index contributed by atoms with van der Waals surface area (Å²) < 4.78 is 0. The molecule has 3 atom stereocenters. The highest BCUT2D eigenvalue weighted by molar-refractivity contribution is 8.00. The van der Waals surface area contributed by atoms with Gasteiger partial charge in [-0.15, -0.1) is 0 Å². The molecular weight excluding hydrogens is 140 g/mol. The Hall–Kier alpha value is 0.230. The Labute approximate surface area is 57.7 Å². The van der Waals surface area contributed by atoms with E-state index < -0.39 is 12.2 Å². The molecule has 0 unspecified atom stereocenters. The smallest absolute Gasteiger partial charge is 0.0947 e. The molecule has 3 N–H and O–H groups in total. The predicted octanol–water partition coefficient (Wildman–Crippen LogP) is -1.18. The molecule has 0 saturated carbocycles. The van der Waals surface area contributed by atoms with Crippen LogP contribution in [0.25, 0.3) is 0 Å². The second-order valence-electron chi connectivity index (χ2n) is 2.11. The van der Waals surface area contributed by atoms with Crippen molar-refractivity contribution in [3.05, 3.63) is 0 Å². The number of rotatable bonds is 1. The summed E-state index contributed by atoms with van der Waals surface area (Å²) in [5.74, 6) is 0.534. The second-order valence-corrected chi connectivity index (χ2v) is 3.38. The predicted molar refractivity (Wildman–Crippen MR) is 35.3 cm³/mol. The summed E-state index contributed by atoms with van der Waals surface area (Å²) in [6, 6.07) is 0. The molecule has 0 aromatic carbocycles. The van der Waals surface area contributed by atoms with Crippen LogP contribution in [0.4, 0.5) is 0 Å². The first-order valence-corrected chi connectivity index (χ1v) is 3.89. The average Bonchev–Trinajstić information content (AvgIpc) is 2.15. The van der Waals surface area contributed by atoms with Gasteiger partial charge in [-0.1, -0.05) is 0 Å². The van der Waals surface area contributed by atoms with Gasteiger partial charge in [-0.05, 0) is 0 Å². The lowest BCUT2D eigenvalue weighted by Gasteiger charge is -2.11. The van der Waals surface area contributed by atoms with Crippen molar-refractivity contribution >= 4 is 11.8 Å². The largest absolute Gasteiger partial charge is 0.395 e. The fourth-order valence-electron chi connectivity index (χ4n) is 0.828. The van der Waals surface area contributed by atoms with E-state index in [-0.39, 0.29) is 11.9 Å². The minimum atomic E-state index is -0.736. The Morgan fingerprint density at radius 3 is 2.33 bits per heavy atom. The third kappa shape index (κ3) is 1.38. The molecule has 0 amide bonds. The van der Waals surface area contributed by atoms with Crippen LogP contribution >= 0.6 is 11.8 Å². The van der Waals surface area contributed by atoms with Crippen LogP contribution in [0.3, 0.4) is 0 Å². The van der Waals surface area contributed by atoms with Gasteiger partial charge in [-0.2, -0.15) is 11.8 Å². The van der Waals surface area contributed by atoms with Gasteiger partial charge in [-0.3, -0.25) is 0 Å². The maximum Gasteiger partial charge on any atom is 0.0947 e. The van der Waals surface area contributed by atoms with E-state index in [9.17, 15) is 0 Å². The summed E-state index contributed by atoms with van der Waals surface area (Å²) in [5.41, 5.74) is 0. The molecule has 0 aromatic rings. The molecule has 1 saturated heterocycles. The average molecular weight is 150 g/mol. The summed E-state index contributed by atoms with van der Waals surface area (Å²) in [7, 11) is 0. The third-order valence-electron chi connectivity index (χ3n) is 1.44. The van der Waals surface area contributed by atoms with Crippen molar-refractivity contribution in [3.63, 3.8) is 0 Å². The summed E-state index contributed by atoms with van der Waals surface area (Å²) >= 11 is 1.41. The van der Waals surface area contributed by atoms with E-state index in [0.29, 0.717) is 5.75 Å². The van der Waals surface area contributed by atoms with Crippen molar-refractivity contribution in [1.29, 1.82) is 0 Å². The summed E-state index contributed by atoms with van der Waals surface area (Å²) in [5, 5.41) is 26.3. The molecule has 0 aliphatic carbocycles. The molecule has 1 fully saturated rings. The number of hydrogen-bond acceptors (Lipinski definition) is 4. The van der Waals surface area contributed by atoms with Gasteiger partial charge in [0.1, 0.15) is 0 Å². The van der Waals surface area contributed by atoms with E-state index in [1.165, 1.54) is 11.8 Å². The monoisotopic (exact) mass is 150 g/mol. The van der Waals surface area contributed by atoms with Crippen LogP contribution in [-0.4, -0.2) is 45.1 Å². The molecule has 1 aliphatic heterocycles. The van der Waals surface area contributed by atoms with Crippen LogP contribution in [-0.2, 0) is 0 Å². The Morgan fingerprint density at radius 2 is 2.11 bits per heavy atom. The fourth-order valence-corrected chi connectivity index (χ4v) is 1.95. The number of aliphatic hydroxyl groups is 3. The zero-order valence-corrected chi connectivity index (χ0v) is 5.71. The molecular formula is C5H10O3S. The van der Waals surface area contributed by atoms with Gasteiger partial charge in [-0.25, -0.2) is 0 Å². The first kappa shape index (κ1) is 7.34. The first-order valence-electron chi connectivity index (χ1n) is 2.84. The van der Waals surface area contributed by atoms with Crippen LogP contribution in [0.1, 0.15) is 0 Å². The maximum atomic E-state index is 9.03. The minimum absolute atomic E-state index is 0.0527. The molecule has 9 heavy (non-hydrogen) atoms. The molecule has 1 aliphatic rings. The normalized spacial score (nSPS) is 43.7. The SMILES string of the molecule is OC[C@@H]1SC[C@@H](O)[C@H]1O. The van der Waals surface area contributed by atoms with Gasteiger partial charge >= 0.3 is 0 Å². The van der Waals surface area contributed by atoms with Crippen LogP contribution in [0, 0.1) is 0 Å². The van der Waals surface area contributed by atoms with Crippen molar-refractivity contribution in [2.75, 3.05) is 12.4 Å². The molecule has 1 heterocycles. The number of thioether (sulfide) groups is 1. The van der Waals surface area contributed by atoms with E-state index in [1.807, 2.05) is 0 Å². The lowest BCUT2D eigenvalue weighted by atomic mass is 10.2. The van der Waals surface area contributed by atoms with Crippen molar-refractivity contribution < 1.29 is 15.3 Å². The van der Waals surface area contributed by atoms with Gasteiger partial charge < -0.3 is 15.3 Å². The van der Waals surface area contributed by atoms with Crippen LogP contribution in [0.15, 0.2) is 0 Å². The highest BCUT2D eigenvalue weighted by Gasteiger charge is 2.33. The highest BCUT2D eigenvalue weighted by atomic mass is 32.2. The van der Waals surface area contributed by atoms with Crippen LogP contribution in [0.5, 0.6) is 0 Å². The second kappa shape index (κ2) is 2.88. The standard InChI is InChI=1S/C5H10O3S/c6-1-4-5(8)3(7)2-9-4/h3-8H,1-2H2/t3-,4+,5-/m1/s1. The van der Waals surface area contributed by atoms with Gasteiger partial charge in [0.2, 0.25) is 0 Å². The van der Waals surface area contributed by atoms with E-state index in [4.69, 9.17) is 15.3 Å². The van der Waals surface area contributed by atoms with Crippen LogP contribution < -0.4 is 0 Å². The van der Waals surface area contributed by atoms with Gasteiger partial charge in [0.05, 0.1) is 24.1 Å². The van der Waals surface area contributed by atoms with Gasteiger partial charge in [0.25, 0.3) is 0 Å². The minimum Gasteiger partial charge on any atom is -0.395 e. The zero-order chi connectivity index (χ0) is 6.85. The Morgan fingerprint density at radius 1 is 1.44 bits per heavy atom. The Balaban J connectivity index is 2.41. The van der Waals surface area contributed by atoms with Crippen molar-refractivity contribution in [3.8, 4) is 0 Å². The highest BCUT2D eigenvalue weighted by Crippen LogP contribution is 2.26. The summed E-state index contributed by atoms with van der Waals surface area (Å²) in [6.45, 7) is -0.0527. The molecule has 1 rings (SSSR count). The van der Waals surface area contributed by atoms with Crippen molar-refractivity contribution in [2.45, 2.75) is 17.5 Å². The third-order valence-corrected chi connectivity index (χ3v) is 2.83. The lowest BCUT2D eigenvalue weighted by Crippen LogP contribution is -2.30. The maximum absolute atomic E-state index is 9.03. The van der Waals surface area contributed by atoms with E-state index >= 15 is 0 Å². The topological polar surface area (TPSA) is 60.7 Å². The zero-order valence-electron chi connectivity index (χ0n) is 4.90. The lowest BCUT2D eigenvalue weighted by molar-refractivity contribution is 0.0326. The molecule has 4 heteroatoms. The fraction of sp³-hybridized carbons (Fsp3) is 1.00. The molecule has 0 spiro atoms. The molecule has 0 bridgehead atoms. The number of hydrogen-bond donors (Lipinski definition) is 3. The molecule has 3 nitrogen and oxygen atoms in total. The van der Waals surface area contributed by atoms with Crippen molar-refractivity contribution in [2.24, 2.45) is 0 Å². The number of aliphatic hydroxyl groups excluding tert-OH is 3. The molecule has 0 aromatic heterocycles. The Bertz CT molecular complexity index is 98.2. The summed E-state index contributed by atoms with van der Waals surface area (Å²) in [4.78, 5) is 0.